The molecule has 5 heterocycles. The number of methoxy groups -OCH3 is 2. The van der Waals surface area contributed by atoms with Crippen LogP contribution in [-0.4, -0.2) is 80.3 Å². The molecular formula is C42H47Cl2N3O7. The Morgan fingerprint density at radius 1 is 0.870 bits per heavy atom. The molecule has 4 aromatic rings. The number of piperidine rings is 4. The minimum atomic E-state index is -0.725. The number of hydrogen-bond donors (Lipinski definition) is 0. The largest absolute Gasteiger partial charge is 0.870 e. The van der Waals surface area contributed by atoms with Gasteiger partial charge in [0, 0.05) is 25.1 Å². The topological polar surface area (TPSA) is 122 Å². The summed E-state index contributed by atoms with van der Waals surface area (Å²) < 4.78 is 23.6. The lowest BCUT2D eigenvalue weighted by atomic mass is 9.72. The smallest absolute Gasteiger partial charge is 0.338 e. The minimum Gasteiger partial charge on any atom is -0.870 e. The van der Waals surface area contributed by atoms with E-state index in [4.69, 9.17) is 42.1 Å². The SMILES string of the molecule is COc1ccc([C@H](Cc2c(Cl)c[nH+]cc2Cl)OC(=O)c2cccc(CN3CCC(C(=O)O[C@H]4CN5CCC4CC5)(c4ccccc4)CC3)c2)cc1OC.[OH-]. The number of nitrogens with one attached hydrogen (secondary N) is 1. The lowest BCUT2D eigenvalue weighted by Gasteiger charge is -2.46. The molecule has 4 aliphatic rings. The first-order valence-corrected chi connectivity index (χ1v) is 19.1. The number of aromatic nitrogens is 1. The zero-order valence-corrected chi connectivity index (χ0v) is 32.2. The summed E-state index contributed by atoms with van der Waals surface area (Å²) in [6, 6.07) is 23.1. The predicted molar refractivity (Wildman–Crippen MR) is 204 cm³/mol. The number of carbonyl (C=O) groups is 2. The molecule has 2 atom stereocenters. The maximum Gasteiger partial charge on any atom is 0.338 e. The lowest BCUT2D eigenvalue weighted by Crippen LogP contribution is -2.54. The highest BCUT2D eigenvalue weighted by Gasteiger charge is 2.47. The Bertz CT molecular complexity index is 1890. The predicted octanol–water partition coefficient (Wildman–Crippen LogP) is 6.96. The Kier molecular flexibility index (Phi) is 12.8. The maximum atomic E-state index is 14.1. The van der Waals surface area contributed by atoms with Crippen LogP contribution in [0, 0.1) is 5.92 Å². The second-order valence-electron chi connectivity index (χ2n) is 14.3. The van der Waals surface area contributed by atoms with Crippen LogP contribution in [0.25, 0.3) is 0 Å². The standard InChI is InChI=1S/C42H45Cl2N3O6.H2O/c1-50-36-12-11-30(22-38(36)51-2)37(23-33-34(43)24-45-25-35(33)44)52-40(48)31-8-6-7-28(21-31)26-47-19-15-42(16-20-47,32-9-4-3-5-10-32)41(49)53-39-27-46-17-13-29(39)14-18-46;/h3-12,21-22,24-25,29,37,39H,13-20,23,26-27H2,1-2H3;1H2/t37-,39-;/m0./s1. The summed E-state index contributed by atoms with van der Waals surface area (Å²) in [5, 5.41) is 0.872. The average Bonchev–Trinajstić information content (AvgIpc) is 3.19. The van der Waals surface area contributed by atoms with Crippen molar-refractivity contribution in [2.75, 3.05) is 46.9 Å². The molecule has 1 aromatic heterocycles. The number of carbonyl (C=O) groups excluding carboxylic acids is 2. The van der Waals surface area contributed by atoms with Gasteiger partial charge in [0.15, 0.2) is 23.9 Å². The highest BCUT2D eigenvalue weighted by atomic mass is 35.5. The van der Waals surface area contributed by atoms with E-state index in [1.54, 1.807) is 44.8 Å². The first-order chi connectivity index (χ1) is 25.8. The number of H-pyrrole nitrogens is 1. The van der Waals surface area contributed by atoms with Crippen molar-refractivity contribution in [3.05, 3.63) is 123 Å². The molecular weight excluding hydrogens is 729 g/mol. The van der Waals surface area contributed by atoms with E-state index in [0.717, 1.165) is 56.7 Å². The van der Waals surface area contributed by atoms with Crippen LogP contribution in [0.3, 0.4) is 0 Å². The molecule has 0 radical (unpaired) electrons. The number of fused-ring (bicyclic) bond motifs is 3. The van der Waals surface area contributed by atoms with Crippen molar-refractivity contribution in [1.29, 1.82) is 0 Å². The number of esters is 2. The Balaban J connectivity index is 0.00000497. The number of pyridine rings is 1. The van der Waals surface area contributed by atoms with Gasteiger partial charge in [-0.1, -0.05) is 71.7 Å². The van der Waals surface area contributed by atoms with Crippen molar-refractivity contribution in [2.24, 2.45) is 5.92 Å². The summed E-state index contributed by atoms with van der Waals surface area (Å²) in [6.07, 6.45) is 6.30. The van der Waals surface area contributed by atoms with Crippen LogP contribution < -0.4 is 14.5 Å². The Labute approximate surface area is 326 Å². The third-order valence-electron chi connectivity index (χ3n) is 11.3. The molecule has 8 rings (SSSR count). The second-order valence-corrected chi connectivity index (χ2v) is 15.2. The van der Waals surface area contributed by atoms with Crippen molar-refractivity contribution < 1.29 is 39.0 Å². The van der Waals surface area contributed by atoms with Crippen LogP contribution in [0.4, 0.5) is 0 Å². The number of likely N-dealkylation sites (tertiary alicyclic amines) is 1. The molecule has 2 bridgehead atoms. The summed E-state index contributed by atoms with van der Waals surface area (Å²) in [4.78, 5) is 35.6. The van der Waals surface area contributed by atoms with Crippen molar-refractivity contribution in [3.63, 3.8) is 0 Å². The fourth-order valence-corrected chi connectivity index (χ4v) is 8.68. The number of nitrogens with zero attached hydrogens (tertiary/aromatic N) is 2. The fraction of sp³-hybridized carbons (Fsp3) is 0.405. The third kappa shape index (κ3) is 8.53. The van der Waals surface area contributed by atoms with E-state index in [1.807, 2.05) is 42.5 Å². The molecule has 4 saturated heterocycles. The van der Waals surface area contributed by atoms with Crippen LogP contribution in [0.5, 0.6) is 11.5 Å². The molecule has 4 fully saturated rings. The second kappa shape index (κ2) is 17.5. The number of ether oxygens (including phenoxy) is 4. The van der Waals surface area contributed by atoms with Crippen LogP contribution >= 0.6 is 23.2 Å². The molecule has 0 amide bonds. The molecule has 286 valence electrons. The van der Waals surface area contributed by atoms with Gasteiger partial charge < -0.3 is 24.4 Å². The molecule has 0 saturated carbocycles. The highest BCUT2D eigenvalue weighted by Crippen LogP contribution is 2.40. The molecule has 0 spiro atoms. The van der Waals surface area contributed by atoms with Gasteiger partial charge in [0.2, 0.25) is 0 Å². The number of rotatable bonds is 12. The number of aromatic amines is 1. The van der Waals surface area contributed by atoms with E-state index in [0.29, 0.717) is 63.5 Å². The van der Waals surface area contributed by atoms with Gasteiger partial charge in [0.1, 0.15) is 22.3 Å². The number of halogens is 2. The van der Waals surface area contributed by atoms with Gasteiger partial charge in [-0.05, 0) is 98.7 Å². The zero-order chi connectivity index (χ0) is 37.0. The third-order valence-corrected chi connectivity index (χ3v) is 11.9. The summed E-state index contributed by atoms with van der Waals surface area (Å²) in [5.41, 5.74) is 3.11. The van der Waals surface area contributed by atoms with Gasteiger partial charge >= 0.3 is 11.9 Å². The number of hydrogen-bond acceptors (Lipinski definition) is 9. The van der Waals surface area contributed by atoms with Gasteiger partial charge in [0.05, 0.1) is 25.2 Å². The molecule has 4 aliphatic heterocycles. The van der Waals surface area contributed by atoms with Gasteiger partial charge in [-0.15, -0.1) is 0 Å². The van der Waals surface area contributed by atoms with Crippen LogP contribution in [0.15, 0.2) is 85.2 Å². The molecule has 12 heteroatoms. The molecule has 0 aliphatic carbocycles. The van der Waals surface area contributed by atoms with Gasteiger partial charge in [-0.3, -0.25) is 14.6 Å². The highest BCUT2D eigenvalue weighted by molar-refractivity contribution is 6.35. The summed E-state index contributed by atoms with van der Waals surface area (Å²) >= 11 is 13.1. The summed E-state index contributed by atoms with van der Waals surface area (Å²) in [5.74, 6) is 0.962. The Morgan fingerprint density at radius 2 is 1.57 bits per heavy atom. The first-order valence-electron chi connectivity index (χ1n) is 18.3. The quantitative estimate of drug-likeness (QED) is 0.141. The molecule has 10 nitrogen and oxygen atoms in total. The van der Waals surface area contributed by atoms with Gasteiger partial charge in [-0.25, -0.2) is 9.78 Å². The Hall–Kier alpha value is -4.19. The average molecular weight is 777 g/mol. The van der Waals surface area contributed by atoms with Crippen molar-refractivity contribution >= 4 is 35.1 Å². The van der Waals surface area contributed by atoms with Gasteiger partial charge in [0.25, 0.3) is 0 Å². The summed E-state index contributed by atoms with van der Waals surface area (Å²) in [7, 11) is 3.13. The van der Waals surface area contributed by atoms with Crippen LogP contribution in [0.2, 0.25) is 10.0 Å². The fourth-order valence-electron chi connectivity index (χ4n) is 8.14. The van der Waals surface area contributed by atoms with E-state index in [2.05, 4.69) is 26.9 Å². The maximum absolute atomic E-state index is 14.1. The first kappa shape index (κ1) is 39.5. The van der Waals surface area contributed by atoms with Crippen LogP contribution in [0.1, 0.15) is 64.4 Å². The van der Waals surface area contributed by atoms with Crippen molar-refractivity contribution in [3.8, 4) is 11.5 Å². The number of benzene rings is 3. The van der Waals surface area contributed by atoms with Crippen molar-refractivity contribution in [1.82, 2.24) is 9.80 Å². The van der Waals surface area contributed by atoms with E-state index in [1.165, 1.54) is 0 Å². The zero-order valence-electron chi connectivity index (χ0n) is 30.6. The van der Waals surface area contributed by atoms with E-state index in [-0.39, 0.29) is 24.0 Å². The molecule has 3 aromatic carbocycles. The minimum absolute atomic E-state index is 0. The van der Waals surface area contributed by atoms with Crippen LogP contribution in [-0.2, 0) is 32.6 Å². The van der Waals surface area contributed by atoms with Crippen molar-refractivity contribution in [2.45, 2.75) is 56.3 Å². The van der Waals surface area contributed by atoms with E-state index in [9.17, 15) is 9.59 Å². The molecule has 0 unspecified atom stereocenters. The molecule has 2 N–H and O–H groups in total. The lowest BCUT2D eigenvalue weighted by molar-refractivity contribution is -0.377. The van der Waals surface area contributed by atoms with Gasteiger partial charge in [-0.2, -0.15) is 0 Å². The van der Waals surface area contributed by atoms with E-state index < -0.39 is 17.5 Å². The normalized spacial score (nSPS) is 21.0. The monoisotopic (exact) mass is 775 g/mol. The summed E-state index contributed by atoms with van der Waals surface area (Å²) in [6.45, 7) is 5.11. The Morgan fingerprint density at radius 3 is 2.22 bits per heavy atom. The van der Waals surface area contributed by atoms with E-state index >= 15 is 0 Å². The molecule has 54 heavy (non-hydrogen) atoms.